The molecule has 1 fully saturated rings. The molecule has 2 unspecified atom stereocenters. The normalized spacial score (nSPS) is 25.8. The molecule has 0 aliphatic carbocycles. The quantitative estimate of drug-likeness (QED) is 0.765. The Balaban J connectivity index is 2.14. The molecule has 1 aliphatic rings. The average molecular weight is 223 g/mol. The molecular formula is C11H17N3O2. The smallest absolute Gasteiger partial charge is 0.276 e. The largest absolute Gasteiger partial charge is 0.361 e. The van der Waals surface area contributed by atoms with E-state index in [4.69, 9.17) is 4.52 Å². The molecule has 1 aliphatic heterocycles. The maximum absolute atomic E-state index is 12.1. The van der Waals surface area contributed by atoms with Gasteiger partial charge in [0.1, 0.15) is 5.76 Å². The molecule has 1 amide bonds. The minimum absolute atomic E-state index is 0.0438. The van der Waals surface area contributed by atoms with E-state index >= 15 is 0 Å². The highest BCUT2D eigenvalue weighted by molar-refractivity contribution is 5.92. The summed E-state index contributed by atoms with van der Waals surface area (Å²) in [5.74, 6) is 0.622. The number of nitrogens with one attached hydrogen (secondary N) is 1. The van der Waals surface area contributed by atoms with Gasteiger partial charge in [0.05, 0.1) is 0 Å². The predicted octanol–water partition coefficient (Wildman–Crippen LogP) is 0.805. The molecule has 1 saturated heterocycles. The topological polar surface area (TPSA) is 58.4 Å². The van der Waals surface area contributed by atoms with Gasteiger partial charge < -0.3 is 14.7 Å². The third-order valence-electron chi connectivity index (χ3n) is 2.87. The fraction of sp³-hybridized carbons (Fsp3) is 0.636. The summed E-state index contributed by atoms with van der Waals surface area (Å²) in [6.45, 7) is 7.42. The fourth-order valence-corrected chi connectivity index (χ4v) is 1.92. The van der Waals surface area contributed by atoms with E-state index in [2.05, 4.69) is 17.4 Å². The Hall–Kier alpha value is -1.36. The van der Waals surface area contributed by atoms with E-state index < -0.39 is 0 Å². The van der Waals surface area contributed by atoms with Gasteiger partial charge in [-0.25, -0.2) is 0 Å². The third-order valence-corrected chi connectivity index (χ3v) is 2.87. The van der Waals surface area contributed by atoms with Crippen LogP contribution in [0.2, 0.25) is 0 Å². The lowest BCUT2D eigenvalue weighted by molar-refractivity contribution is 0.0606. The number of piperazine rings is 1. The van der Waals surface area contributed by atoms with Gasteiger partial charge in [0.2, 0.25) is 0 Å². The summed E-state index contributed by atoms with van der Waals surface area (Å²) in [4.78, 5) is 14.0. The lowest BCUT2D eigenvalue weighted by Crippen LogP contribution is -2.56. The van der Waals surface area contributed by atoms with Crippen molar-refractivity contribution >= 4 is 5.91 Å². The Morgan fingerprint density at radius 3 is 3.00 bits per heavy atom. The first-order valence-electron chi connectivity index (χ1n) is 5.55. The first-order chi connectivity index (χ1) is 7.58. The van der Waals surface area contributed by atoms with E-state index in [1.165, 1.54) is 0 Å². The fourth-order valence-electron chi connectivity index (χ4n) is 1.92. The van der Waals surface area contributed by atoms with Crippen molar-refractivity contribution in [3.63, 3.8) is 0 Å². The Morgan fingerprint density at radius 1 is 1.62 bits per heavy atom. The Morgan fingerprint density at radius 2 is 2.38 bits per heavy atom. The molecule has 1 N–H and O–H groups in total. The van der Waals surface area contributed by atoms with Crippen LogP contribution in [0.5, 0.6) is 0 Å². The molecular weight excluding hydrogens is 206 g/mol. The third kappa shape index (κ3) is 2.09. The first kappa shape index (κ1) is 11.1. The van der Waals surface area contributed by atoms with Gasteiger partial charge in [-0.05, 0) is 20.8 Å². The van der Waals surface area contributed by atoms with Crippen LogP contribution >= 0.6 is 0 Å². The molecule has 0 radical (unpaired) electrons. The van der Waals surface area contributed by atoms with E-state index in [-0.39, 0.29) is 11.9 Å². The zero-order valence-electron chi connectivity index (χ0n) is 9.86. The summed E-state index contributed by atoms with van der Waals surface area (Å²) in [7, 11) is 0. The summed E-state index contributed by atoms with van der Waals surface area (Å²) >= 11 is 0. The van der Waals surface area contributed by atoms with Crippen LogP contribution < -0.4 is 5.32 Å². The van der Waals surface area contributed by atoms with Crippen molar-refractivity contribution in [1.29, 1.82) is 0 Å². The van der Waals surface area contributed by atoms with Crippen molar-refractivity contribution < 1.29 is 9.32 Å². The van der Waals surface area contributed by atoms with Crippen molar-refractivity contribution in [3.05, 3.63) is 17.5 Å². The minimum atomic E-state index is -0.0438. The van der Waals surface area contributed by atoms with Crippen molar-refractivity contribution in [1.82, 2.24) is 15.4 Å². The molecule has 0 saturated carbocycles. The molecule has 2 atom stereocenters. The van der Waals surface area contributed by atoms with Crippen LogP contribution in [0.15, 0.2) is 10.6 Å². The molecule has 0 spiro atoms. The number of aromatic nitrogens is 1. The van der Waals surface area contributed by atoms with Crippen molar-refractivity contribution in [2.45, 2.75) is 32.9 Å². The van der Waals surface area contributed by atoms with Crippen LogP contribution in [-0.4, -0.2) is 41.1 Å². The molecule has 16 heavy (non-hydrogen) atoms. The Labute approximate surface area is 94.8 Å². The lowest BCUT2D eigenvalue weighted by atomic mass is 10.1. The highest BCUT2D eigenvalue weighted by Gasteiger charge is 2.28. The predicted molar refractivity (Wildman–Crippen MR) is 59.2 cm³/mol. The van der Waals surface area contributed by atoms with Crippen molar-refractivity contribution in [2.75, 3.05) is 13.1 Å². The van der Waals surface area contributed by atoms with Gasteiger partial charge in [0.15, 0.2) is 5.69 Å². The molecule has 5 heteroatoms. The summed E-state index contributed by atoms with van der Waals surface area (Å²) in [6, 6.07) is 2.20. The van der Waals surface area contributed by atoms with E-state index in [1.807, 2.05) is 11.8 Å². The number of hydrogen-bond acceptors (Lipinski definition) is 4. The second kappa shape index (κ2) is 4.25. The first-order valence-corrected chi connectivity index (χ1v) is 5.55. The Kier molecular flexibility index (Phi) is 2.96. The van der Waals surface area contributed by atoms with Crippen LogP contribution in [0.1, 0.15) is 30.1 Å². The number of carbonyl (C=O) groups excluding carboxylic acids is 1. The van der Waals surface area contributed by atoms with E-state index in [0.29, 0.717) is 24.0 Å². The summed E-state index contributed by atoms with van der Waals surface area (Å²) < 4.78 is 4.93. The SMILES string of the molecule is Cc1cc(C(=O)N2CC(C)NCC2C)no1. The minimum Gasteiger partial charge on any atom is -0.361 e. The lowest BCUT2D eigenvalue weighted by Gasteiger charge is -2.37. The monoisotopic (exact) mass is 223 g/mol. The van der Waals surface area contributed by atoms with Gasteiger partial charge in [-0.15, -0.1) is 0 Å². The van der Waals surface area contributed by atoms with E-state index in [1.54, 1.807) is 13.0 Å². The maximum atomic E-state index is 12.1. The standard InChI is InChI=1S/C11H17N3O2/c1-7-6-14(8(2)5-12-7)11(15)10-4-9(3)16-13-10/h4,7-8,12H,5-6H2,1-3H3. The van der Waals surface area contributed by atoms with Crippen molar-refractivity contribution in [3.8, 4) is 0 Å². The molecule has 5 nitrogen and oxygen atoms in total. The summed E-state index contributed by atoms with van der Waals surface area (Å²) in [6.07, 6.45) is 0. The second-order valence-corrected chi connectivity index (χ2v) is 4.44. The van der Waals surface area contributed by atoms with Gasteiger partial charge in [-0.2, -0.15) is 0 Å². The summed E-state index contributed by atoms with van der Waals surface area (Å²) in [5.41, 5.74) is 0.401. The van der Waals surface area contributed by atoms with Gasteiger partial charge in [0, 0.05) is 31.2 Å². The highest BCUT2D eigenvalue weighted by Crippen LogP contribution is 2.12. The number of nitrogens with zero attached hydrogens (tertiary/aromatic N) is 2. The molecule has 2 heterocycles. The van der Waals surface area contributed by atoms with Gasteiger partial charge in [-0.3, -0.25) is 4.79 Å². The second-order valence-electron chi connectivity index (χ2n) is 4.44. The number of aryl methyl sites for hydroxylation is 1. The molecule has 1 aromatic rings. The highest BCUT2D eigenvalue weighted by atomic mass is 16.5. The molecule has 0 bridgehead atoms. The summed E-state index contributed by atoms with van der Waals surface area (Å²) in [5, 5.41) is 7.10. The maximum Gasteiger partial charge on any atom is 0.276 e. The average Bonchev–Trinajstić information content (AvgIpc) is 2.67. The molecule has 2 rings (SSSR count). The molecule has 1 aromatic heterocycles. The van der Waals surface area contributed by atoms with E-state index in [0.717, 1.165) is 6.54 Å². The number of amides is 1. The Bertz CT molecular complexity index is 388. The van der Waals surface area contributed by atoms with Crippen LogP contribution in [0.4, 0.5) is 0 Å². The molecule has 88 valence electrons. The number of carbonyl (C=O) groups is 1. The molecule has 0 aromatic carbocycles. The number of rotatable bonds is 1. The van der Waals surface area contributed by atoms with Gasteiger partial charge in [0.25, 0.3) is 5.91 Å². The van der Waals surface area contributed by atoms with Crippen LogP contribution in [0.3, 0.4) is 0 Å². The van der Waals surface area contributed by atoms with Crippen LogP contribution in [0, 0.1) is 6.92 Å². The van der Waals surface area contributed by atoms with Gasteiger partial charge >= 0.3 is 0 Å². The van der Waals surface area contributed by atoms with Crippen LogP contribution in [-0.2, 0) is 0 Å². The number of hydrogen-bond donors (Lipinski definition) is 1. The van der Waals surface area contributed by atoms with Crippen molar-refractivity contribution in [2.24, 2.45) is 0 Å². The van der Waals surface area contributed by atoms with E-state index in [9.17, 15) is 4.79 Å². The zero-order chi connectivity index (χ0) is 11.7. The zero-order valence-corrected chi connectivity index (χ0v) is 9.86. The van der Waals surface area contributed by atoms with Crippen LogP contribution in [0.25, 0.3) is 0 Å². The van der Waals surface area contributed by atoms with Gasteiger partial charge in [-0.1, -0.05) is 5.16 Å².